The van der Waals surface area contributed by atoms with Crippen molar-refractivity contribution in [2.75, 3.05) is 40.2 Å². The lowest BCUT2D eigenvalue weighted by atomic mass is 10.0. The van der Waals surface area contributed by atoms with E-state index in [9.17, 15) is 9.59 Å². The second-order valence-electron chi connectivity index (χ2n) is 10.7. The van der Waals surface area contributed by atoms with Crippen molar-refractivity contribution in [2.24, 2.45) is 0 Å². The number of pyridine rings is 2. The number of allylic oxidation sites excluding steroid dienone is 1. The maximum absolute atomic E-state index is 14.4. The molecule has 0 saturated heterocycles. The molecule has 0 amide bonds. The number of benzene rings is 2. The van der Waals surface area contributed by atoms with Gasteiger partial charge in [0.25, 0.3) is 5.56 Å². The Labute approximate surface area is 276 Å². The Morgan fingerprint density at radius 1 is 0.978 bits per heavy atom. The Morgan fingerprint density at radius 2 is 1.72 bits per heavy atom. The predicted molar refractivity (Wildman–Crippen MR) is 182 cm³/mol. The summed E-state index contributed by atoms with van der Waals surface area (Å²) in [5.74, 6) is 1.64. The van der Waals surface area contributed by atoms with Crippen LogP contribution in [0.1, 0.15) is 11.1 Å². The van der Waals surface area contributed by atoms with E-state index in [4.69, 9.17) is 32.7 Å². The number of carbonyl (C=O) groups excluding carboxylic acids is 1. The van der Waals surface area contributed by atoms with E-state index in [1.54, 1.807) is 47.3 Å². The second-order valence-corrected chi connectivity index (χ2v) is 11.5. The van der Waals surface area contributed by atoms with Gasteiger partial charge < -0.3 is 24.3 Å². The number of anilines is 2. The molecule has 1 N–H and O–H groups in total. The monoisotopic (exact) mass is 658 g/mol. The first kappa shape index (κ1) is 32.6. The summed E-state index contributed by atoms with van der Waals surface area (Å²) in [6, 6.07) is 14.4. The SMILES string of the molecule is COc1cc(OC)c(Cl)c(-c2cc3cnc(Nc4ccncn4)cc3n(Cc3cccc(CC(=O)/C=C/CN(C)C)c3)c2=O)c1Cl. The third-order valence-corrected chi connectivity index (χ3v) is 7.89. The average molecular weight is 660 g/mol. The molecule has 0 radical (unpaired) electrons. The highest BCUT2D eigenvalue weighted by Crippen LogP contribution is 2.45. The van der Waals surface area contributed by atoms with Gasteiger partial charge in [-0.25, -0.2) is 15.0 Å². The second kappa shape index (κ2) is 14.6. The minimum absolute atomic E-state index is 0.00798. The Morgan fingerprint density at radius 3 is 2.39 bits per heavy atom. The molecule has 0 fully saturated rings. The number of rotatable bonds is 12. The van der Waals surface area contributed by atoms with Gasteiger partial charge in [-0.2, -0.15) is 0 Å². The minimum Gasteiger partial charge on any atom is -0.495 e. The van der Waals surface area contributed by atoms with E-state index < -0.39 is 0 Å². The average Bonchev–Trinajstić information content (AvgIpc) is 3.04. The molecule has 12 heteroatoms. The Kier molecular flexibility index (Phi) is 10.3. The number of ether oxygens (including phenoxy) is 2. The van der Waals surface area contributed by atoms with Crippen LogP contribution < -0.4 is 20.3 Å². The maximum atomic E-state index is 14.4. The van der Waals surface area contributed by atoms with Gasteiger partial charge in [0.2, 0.25) is 0 Å². The van der Waals surface area contributed by atoms with E-state index in [1.807, 2.05) is 49.3 Å². The van der Waals surface area contributed by atoms with Gasteiger partial charge >= 0.3 is 0 Å². The summed E-state index contributed by atoms with van der Waals surface area (Å²) in [5.41, 5.74) is 2.45. The number of carbonyl (C=O) groups is 1. The number of methoxy groups -OCH3 is 2. The Balaban J connectivity index is 1.63. The van der Waals surface area contributed by atoms with Crippen LogP contribution in [0.25, 0.3) is 22.0 Å². The quantitative estimate of drug-likeness (QED) is 0.157. The van der Waals surface area contributed by atoms with Crippen molar-refractivity contribution in [1.29, 1.82) is 0 Å². The Bertz CT molecular complexity index is 1950. The largest absolute Gasteiger partial charge is 0.495 e. The molecule has 0 atom stereocenters. The summed E-state index contributed by atoms with van der Waals surface area (Å²) in [5, 5.41) is 4.17. The van der Waals surface area contributed by atoms with Crippen LogP contribution in [0.2, 0.25) is 10.0 Å². The van der Waals surface area contributed by atoms with Gasteiger partial charge in [-0.05, 0) is 43.4 Å². The van der Waals surface area contributed by atoms with Crippen LogP contribution in [0.4, 0.5) is 11.6 Å². The maximum Gasteiger partial charge on any atom is 0.259 e. The lowest BCUT2D eigenvalue weighted by Crippen LogP contribution is -2.23. The fourth-order valence-corrected chi connectivity index (χ4v) is 5.67. The zero-order valence-electron chi connectivity index (χ0n) is 25.8. The molecule has 5 aromatic rings. The highest BCUT2D eigenvalue weighted by molar-refractivity contribution is 6.41. The van der Waals surface area contributed by atoms with E-state index in [0.29, 0.717) is 40.6 Å². The molecule has 0 saturated carbocycles. The fourth-order valence-electron chi connectivity index (χ4n) is 4.97. The molecule has 0 aliphatic rings. The van der Waals surface area contributed by atoms with E-state index in [2.05, 4.69) is 20.3 Å². The van der Waals surface area contributed by atoms with Crippen LogP contribution in [-0.2, 0) is 17.8 Å². The molecule has 3 aromatic heterocycles. The lowest BCUT2D eigenvalue weighted by Gasteiger charge is -2.18. The number of hydrogen-bond acceptors (Lipinski definition) is 9. The van der Waals surface area contributed by atoms with E-state index in [-0.39, 0.29) is 45.5 Å². The summed E-state index contributed by atoms with van der Waals surface area (Å²) in [4.78, 5) is 41.8. The zero-order chi connectivity index (χ0) is 32.8. The number of fused-ring (bicyclic) bond motifs is 1. The minimum atomic E-state index is -0.348. The first-order valence-corrected chi connectivity index (χ1v) is 15.0. The first-order chi connectivity index (χ1) is 22.2. The normalized spacial score (nSPS) is 11.4. The summed E-state index contributed by atoms with van der Waals surface area (Å²) in [6.45, 7) is 0.864. The van der Waals surface area contributed by atoms with Crippen LogP contribution in [0.3, 0.4) is 0 Å². The van der Waals surface area contributed by atoms with Crippen LogP contribution >= 0.6 is 23.2 Å². The molecule has 0 unspecified atom stereocenters. The van der Waals surface area contributed by atoms with Gasteiger partial charge in [-0.1, -0.05) is 53.5 Å². The van der Waals surface area contributed by atoms with Gasteiger partial charge in [0.1, 0.15) is 29.5 Å². The third-order valence-electron chi connectivity index (χ3n) is 7.14. The lowest BCUT2D eigenvalue weighted by molar-refractivity contribution is -0.114. The molecule has 0 aliphatic carbocycles. The molecule has 5 rings (SSSR count). The molecule has 3 heterocycles. The molecule has 0 bridgehead atoms. The molecule has 0 spiro atoms. The standard InChI is InChI=1S/C34H32Cl2N6O4/c1-41(2)12-6-9-24(43)14-21-7-5-8-22(13-21)19-42-26-16-30(40-29-10-11-37-20-39-29)38-18-23(26)15-25(34(42)44)31-32(35)27(45-3)17-28(46-4)33(31)36/h5-11,13,15-18,20H,12,14,19H2,1-4H3,(H,37,38,39,40)/b9-6+. The van der Waals surface area contributed by atoms with Crippen molar-refractivity contribution < 1.29 is 14.3 Å². The molecule has 236 valence electrons. The van der Waals surface area contributed by atoms with Crippen molar-refractivity contribution in [3.05, 3.63) is 111 Å². The van der Waals surface area contributed by atoms with E-state index in [1.165, 1.54) is 20.5 Å². The highest BCUT2D eigenvalue weighted by Gasteiger charge is 2.23. The van der Waals surface area contributed by atoms with Crippen LogP contribution in [0.5, 0.6) is 11.5 Å². The summed E-state index contributed by atoms with van der Waals surface area (Å²) >= 11 is 13.5. The number of likely N-dealkylation sites (N-methyl/N-ethyl adjacent to an activating group) is 1. The molecular formula is C34H32Cl2N6O4. The number of nitrogens with zero attached hydrogens (tertiary/aromatic N) is 5. The van der Waals surface area contributed by atoms with Gasteiger partial charge in [0.05, 0.1) is 41.9 Å². The van der Waals surface area contributed by atoms with Gasteiger partial charge in [-0.3, -0.25) is 9.59 Å². The highest BCUT2D eigenvalue weighted by atomic mass is 35.5. The van der Waals surface area contributed by atoms with Crippen molar-refractivity contribution in [3.8, 4) is 22.6 Å². The van der Waals surface area contributed by atoms with E-state index >= 15 is 0 Å². The van der Waals surface area contributed by atoms with E-state index in [0.717, 1.165) is 11.1 Å². The molecular weight excluding hydrogens is 627 g/mol. The van der Waals surface area contributed by atoms with Crippen molar-refractivity contribution in [1.82, 2.24) is 24.4 Å². The predicted octanol–water partition coefficient (Wildman–Crippen LogP) is 6.20. The molecule has 46 heavy (non-hydrogen) atoms. The van der Waals surface area contributed by atoms with Crippen LogP contribution in [0, 0.1) is 0 Å². The van der Waals surface area contributed by atoms with Crippen molar-refractivity contribution in [3.63, 3.8) is 0 Å². The smallest absolute Gasteiger partial charge is 0.259 e. The Hall–Kier alpha value is -4.77. The fraction of sp³-hybridized carbons (Fsp3) is 0.206. The first-order valence-electron chi connectivity index (χ1n) is 14.3. The topological polar surface area (TPSA) is 111 Å². The molecule has 0 aliphatic heterocycles. The van der Waals surface area contributed by atoms with Crippen LogP contribution in [-0.4, -0.2) is 65.1 Å². The van der Waals surface area contributed by atoms with Crippen molar-refractivity contribution >= 4 is 51.5 Å². The number of ketones is 1. The summed E-state index contributed by atoms with van der Waals surface area (Å²) < 4.78 is 12.6. The zero-order valence-corrected chi connectivity index (χ0v) is 27.3. The summed E-state index contributed by atoms with van der Waals surface area (Å²) in [7, 11) is 6.83. The molecule has 2 aromatic carbocycles. The molecule has 10 nitrogen and oxygen atoms in total. The number of aromatic nitrogens is 4. The third kappa shape index (κ3) is 7.37. The van der Waals surface area contributed by atoms with Gasteiger partial charge in [0, 0.05) is 48.4 Å². The van der Waals surface area contributed by atoms with Gasteiger partial charge in [0.15, 0.2) is 5.78 Å². The van der Waals surface area contributed by atoms with Crippen molar-refractivity contribution in [2.45, 2.75) is 13.0 Å². The van der Waals surface area contributed by atoms with Gasteiger partial charge in [-0.15, -0.1) is 0 Å². The number of nitrogens with one attached hydrogen (secondary N) is 1. The van der Waals surface area contributed by atoms with Crippen LogP contribution in [0.15, 0.2) is 84.2 Å². The number of halogens is 2. The number of hydrogen-bond donors (Lipinski definition) is 1. The summed E-state index contributed by atoms with van der Waals surface area (Å²) in [6.07, 6.45) is 8.38.